The van der Waals surface area contributed by atoms with Crippen molar-refractivity contribution in [3.8, 4) is 0 Å². The molecule has 0 aliphatic heterocycles. The summed E-state index contributed by atoms with van der Waals surface area (Å²) < 4.78 is 0. The molecule has 1 unspecified atom stereocenters. The molecule has 1 atom stereocenters. The maximum atomic E-state index is 4.08. The van der Waals surface area contributed by atoms with Crippen LogP contribution < -0.4 is 0 Å². The van der Waals surface area contributed by atoms with Gasteiger partial charge in [0.1, 0.15) is 0 Å². The summed E-state index contributed by atoms with van der Waals surface area (Å²) in [4.78, 5) is 1.44. The Balaban J connectivity index is 2.08. The lowest BCUT2D eigenvalue weighted by Crippen LogP contribution is -1.99. The number of nitrogens with one attached hydrogen (secondary N) is 1. The van der Waals surface area contributed by atoms with Crippen LogP contribution in [0.25, 0.3) is 0 Å². The van der Waals surface area contributed by atoms with Gasteiger partial charge in [-0.1, -0.05) is 13.0 Å². The van der Waals surface area contributed by atoms with Crippen LogP contribution in [-0.4, -0.2) is 15.4 Å². The number of rotatable bonds is 4. The molecule has 0 aliphatic rings. The van der Waals surface area contributed by atoms with Gasteiger partial charge in [-0.15, -0.1) is 11.3 Å². The fraction of sp³-hybridized carbons (Fsp3) is 0.400. The highest BCUT2D eigenvalue weighted by molar-refractivity contribution is 7.10. The first kappa shape index (κ1) is 9.40. The van der Waals surface area contributed by atoms with Crippen LogP contribution in [0.5, 0.6) is 0 Å². The average Bonchev–Trinajstić information content (AvgIpc) is 2.86. The van der Waals surface area contributed by atoms with Gasteiger partial charge in [-0.2, -0.15) is 15.4 Å². The molecule has 0 saturated carbocycles. The molecule has 0 amide bonds. The molecular weight excluding hydrogens is 194 g/mol. The maximum absolute atomic E-state index is 4.08. The van der Waals surface area contributed by atoms with E-state index in [4.69, 9.17) is 0 Å². The van der Waals surface area contributed by atoms with Crippen molar-refractivity contribution in [2.75, 3.05) is 0 Å². The third kappa shape index (κ3) is 2.01. The summed E-state index contributed by atoms with van der Waals surface area (Å²) in [5, 5.41) is 12.7. The molecule has 0 fully saturated rings. The first-order valence-corrected chi connectivity index (χ1v) is 5.66. The molecule has 4 heteroatoms. The smallest absolute Gasteiger partial charge is 0.0831 e. The van der Waals surface area contributed by atoms with Gasteiger partial charge in [-0.05, 0) is 23.8 Å². The van der Waals surface area contributed by atoms with E-state index in [-0.39, 0.29) is 0 Å². The third-order valence-electron chi connectivity index (χ3n) is 2.36. The van der Waals surface area contributed by atoms with E-state index in [1.54, 1.807) is 6.20 Å². The van der Waals surface area contributed by atoms with E-state index in [2.05, 4.69) is 39.8 Å². The van der Waals surface area contributed by atoms with Crippen LogP contribution >= 0.6 is 11.3 Å². The summed E-state index contributed by atoms with van der Waals surface area (Å²) in [6, 6.07) is 4.30. The molecule has 1 N–H and O–H groups in total. The van der Waals surface area contributed by atoms with Crippen LogP contribution in [0.4, 0.5) is 0 Å². The number of hydrogen-bond donors (Lipinski definition) is 1. The quantitative estimate of drug-likeness (QED) is 0.837. The van der Waals surface area contributed by atoms with E-state index >= 15 is 0 Å². The summed E-state index contributed by atoms with van der Waals surface area (Å²) in [5.74, 6) is 0.583. The van der Waals surface area contributed by atoms with E-state index in [1.807, 2.05) is 11.3 Å². The molecule has 2 aromatic rings. The number of aromatic amines is 1. The van der Waals surface area contributed by atoms with Crippen molar-refractivity contribution >= 4 is 11.3 Å². The zero-order valence-corrected chi connectivity index (χ0v) is 8.92. The molecule has 14 heavy (non-hydrogen) atoms. The van der Waals surface area contributed by atoms with E-state index in [1.165, 1.54) is 4.88 Å². The Hall–Kier alpha value is -1.16. The minimum absolute atomic E-state index is 0.583. The lowest BCUT2D eigenvalue weighted by atomic mass is 9.99. The van der Waals surface area contributed by atoms with Gasteiger partial charge < -0.3 is 0 Å². The van der Waals surface area contributed by atoms with Crippen LogP contribution in [0.3, 0.4) is 0 Å². The fourth-order valence-corrected chi connectivity index (χ4v) is 2.46. The van der Waals surface area contributed by atoms with Gasteiger partial charge in [0.15, 0.2) is 0 Å². The molecule has 0 aromatic carbocycles. The van der Waals surface area contributed by atoms with Crippen molar-refractivity contribution < 1.29 is 0 Å². The van der Waals surface area contributed by atoms with Crippen molar-refractivity contribution in [1.29, 1.82) is 0 Å². The predicted molar refractivity (Wildman–Crippen MR) is 57.4 cm³/mol. The standard InChI is InChI=1S/C10H13N3S/c1-2-8(10-4-3-5-14-10)6-9-7-11-13-12-9/h3-5,7-8H,2,6H2,1H3,(H,11,12,13). The summed E-state index contributed by atoms with van der Waals surface area (Å²) in [7, 11) is 0. The van der Waals surface area contributed by atoms with Gasteiger partial charge >= 0.3 is 0 Å². The zero-order chi connectivity index (χ0) is 9.80. The lowest BCUT2D eigenvalue weighted by molar-refractivity contribution is 0.659. The minimum atomic E-state index is 0.583. The van der Waals surface area contributed by atoms with Gasteiger partial charge in [0.05, 0.1) is 11.9 Å². The van der Waals surface area contributed by atoms with Crippen molar-refractivity contribution in [1.82, 2.24) is 15.4 Å². The van der Waals surface area contributed by atoms with Crippen molar-refractivity contribution in [3.05, 3.63) is 34.3 Å². The highest BCUT2D eigenvalue weighted by Gasteiger charge is 2.12. The Morgan fingerprint density at radius 1 is 1.57 bits per heavy atom. The van der Waals surface area contributed by atoms with Crippen LogP contribution in [0.15, 0.2) is 23.7 Å². The highest BCUT2D eigenvalue weighted by Crippen LogP contribution is 2.26. The summed E-state index contributed by atoms with van der Waals surface area (Å²) in [5.41, 5.74) is 1.05. The first-order chi connectivity index (χ1) is 6.90. The molecule has 3 nitrogen and oxygen atoms in total. The van der Waals surface area contributed by atoms with E-state index in [0.29, 0.717) is 5.92 Å². The Bertz CT molecular complexity index is 353. The molecule has 0 radical (unpaired) electrons. The lowest BCUT2D eigenvalue weighted by Gasteiger charge is -2.10. The third-order valence-corrected chi connectivity index (χ3v) is 3.39. The molecule has 2 rings (SSSR count). The summed E-state index contributed by atoms with van der Waals surface area (Å²) in [6.45, 7) is 2.21. The Labute approximate surface area is 87.2 Å². The molecule has 0 bridgehead atoms. The van der Waals surface area contributed by atoms with Gasteiger partial charge in [0.25, 0.3) is 0 Å². The second kappa shape index (κ2) is 4.37. The Morgan fingerprint density at radius 3 is 3.07 bits per heavy atom. The normalized spacial score (nSPS) is 12.9. The number of nitrogens with zero attached hydrogens (tertiary/aromatic N) is 2. The van der Waals surface area contributed by atoms with Gasteiger partial charge in [0.2, 0.25) is 0 Å². The molecule has 74 valence electrons. The monoisotopic (exact) mass is 207 g/mol. The van der Waals surface area contributed by atoms with Crippen LogP contribution in [0.1, 0.15) is 29.8 Å². The average molecular weight is 207 g/mol. The molecule has 2 heterocycles. The number of H-pyrrole nitrogens is 1. The maximum Gasteiger partial charge on any atom is 0.0831 e. The topological polar surface area (TPSA) is 41.6 Å². The Morgan fingerprint density at radius 2 is 2.50 bits per heavy atom. The molecule has 0 spiro atoms. The van der Waals surface area contributed by atoms with Crippen molar-refractivity contribution in [2.24, 2.45) is 0 Å². The zero-order valence-electron chi connectivity index (χ0n) is 8.10. The van der Waals surface area contributed by atoms with Crippen LogP contribution in [0.2, 0.25) is 0 Å². The highest BCUT2D eigenvalue weighted by atomic mass is 32.1. The van der Waals surface area contributed by atoms with E-state index in [0.717, 1.165) is 18.5 Å². The molecule has 0 saturated heterocycles. The number of hydrogen-bond acceptors (Lipinski definition) is 3. The minimum Gasteiger partial charge on any atom is -0.198 e. The van der Waals surface area contributed by atoms with Crippen molar-refractivity contribution in [3.63, 3.8) is 0 Å². The molecular formula is C10H13N3S. The summed E-state index contributed by atoms with van der Waals surface area (Å²) >= 11 is 1.82. The van der Waals surface area contributed by atoms with Gasteiger partial charge in [-0.3, -0.25) is 0 Å². The van der Waals surface area contributed by atoms with E-state index in [9.17, 15) is 0 Å². The first-order valence-electron chi connectivity index (χ1n) is 4.78. The van der Waals surface area contributed by atoms with E-state index < -0.39 is 0 Å². The molecule has 0 aliphatic carbocycles. The van der Waals surface area contributed by atoms with Crippen LogP contribution in [-0.2, 0) is 6.42 Å². The summed E-state index contributed by atoms with van der Waals surface area (Å²) in [6.07, 6.45) is 3.93. The fourth-order valence-electron chi connectivity index (χ4n) is 1.55. The predicted octanol–water partition coefficient (Wildman–Crippen LogP) is 2.60. The van der Waals surface area contributed by atoms with Gasteiger partial charge in [0, 0.05) is 11.3 Å². The molecule has 2 aromatic heterocycles. The van der Waals surface area contributed by atoms with Gasteiger partial charge in [-0.25, -0.2) is 0 Å². The second-order valence-corrected chi connectivity index (χ2v) is 4.27. The van der Waals surface area contributed by atoms with Crippen LogP contribution in [0, 0.1) is 0 Å². The van der Waals surface area contributed by atoms with Crippen molar-refractivity contribution in [2.45, 2.75) is 25.7 Å². The Kier molecular flexibility index (Phi) is 2.93. The number of thiophene rings is 1. The SMILES string of the molecule is CCC(Cc1cn[nH]n1)c1cccs1. The number of aromatic nitrogens is 3. The second-order valence-electron chi connectivity index (χ2n) is 3.29. The largest absolute Gasteiger partial charge is 0.198 e.